The zero-order valence-corrected chi connectivity index (χ0v) is 31.5. The van der Waals surface area contributed by atoms with Gasteiger partial charge in [-0.25, -0.2) is 0 Å². The number of nitrogens with zero attached hydrogens (tertiary/aromatic N) is 1. The Morgan fingerprint density at radius 3 is 1.84 bits per heavy atom. The smallest absolute Gasteiger partial charge is 0.145 e. The van der Waals surface area contributed by atoms with Gasteiger partial charge in [-0.1, -0.05) is 183 Å². The highest BCUT2D eigenvalue weighted by Gasteiger charge is 2.45. The van der Waals surface area contributed by atoms with Crippen LogP contribution in [0.4, 0.5) is 5.69 Å². The van der Waals surface area contributed by atoms with Gasteiger partial charge in [0.15, 0.2) is 0 Å². The molecule has 11 rings (SSSR count). The van der Waals surface area contributed by atoms with E-state index < -0.39 is 0 Å². The molecule has 8 aromatic rings. The third kappa shape index (κ3) is 5.33. The average molecular weight is 725 g/mol. The first-order valence-corrected chi connectivity index (χ1v) is 20.5. The molecule has 0 radical (unpaired) electrons. The van der Waals surface area contributed by atoms with Gasteiger partial charge in [0.2, 0.25) is 0 Å². The van der Waals surface area contributed by atoms with Crippen molar-refractivity contribution >= 4 is 32.8 Å². The summed E-state index contributed by atoms with van der Waals surface area (Å²) in [6.45, 7) is 0. The van der Waals surface area contributed by atoms with Crippen LogP contribution in [0, 0.1) is 0 Å². The van der Waals surface area contributed by atoms with E-state index in [4.69, 9.17) is 4.99 Å². The zero-order valence-electron chi connectivity index (χ0n) is 30.6. The lowest BCUT2D eigenvalue weighted by atomic mass is 9.66. The fraction of sp³-hybridized carbons (Fsp3) is 0.135. The Labute approximate surface area is 326 Å². The number of hydrogen-bond acceptors (Lipinski definition) is 3. The van der Waals surface area contributed by atoms with E-state index in [2.05, 4.69) is 175 Å². The van der Waals surface area contributed by atoms with E-state index in [0.29, 0.717) is 0 Å². The fourth-order valence-corrected chi connectivity index (χ4v) is 10.9. The molecular weight excluding hydrogens is 685 g/mol. The second-order valence-corrected chi connectivity index (χ2v) is 16.4. The molecule has 0 bridgehead atoms. The Bertz CT molecular complexity index is 2730. The highest BCUT2D eigenvalue weighted by atomic mass is 32.1. The Morgan fingerprint density at radius 1 is 0.491 bits per heavy atom. The lowest BCUT2D eigenvalue weighted by molar-refractivity contribution is 0.353. The molecule has 1 aliphatic heterocycles. The van der Waals surface area contributed by atoms with Crippen LogP contribution in [0.15, 0.2) is 175 Å². The number of rotatable bonds is 5. The minimum Gasteiger partial charge on any atom is -0.358 e. The molecule has 3 heteroatoms. The topological polar surface area (TPSA) is 24.4 Å². The molecule has 1 fully saturated rings. The maximum Gasteiger partial charge on any atom is 0.145 e. The standard InChI is InChI=1S/C52H40N2S/c1-3-12-34(13-4-1)35-24-30-40(31-25-35)51-53-48(50-49(54-51)44-15-6-8-19-46(44)55-50)39-28-22-37(23-29-39)36-20-26-38(27-21-36)41-16-11-17-43-42-14-5-7-18-45(42)52(47(41)43)32-9-2-10-33-52/h1,3-8,11-31,51,54H,2,9-10,32-33H2. The summed E-state index contributed by atoms with van der Waals surface area (Å²) in [6, 6.07) is 62.6. The summed E-state index contributed by atoms with van der Waals surface area (Å²) in [6.07, 6.45) is 6.24. The van der Waals surface area contributed by atoms with Crippen molar-refractivity contribution in [1.82, 2.24) is 0 Å². The SMILES string of the molecule is c1ccc(-c2ccc(C3N=C(c4ccc(-c5ccc(-c6cccc7c6C6(CCCCC6)c6ccccc6-7)cc5)cc4)c4sc5ccccc5c4N3)cc2)cc1. The van der Waals surface area contributed by atoms with Crippen LogP contribution in [0.3, 0.4) is 0 Å². The van der Waals surface area contributed by atoms with E-state index in [0.717, 1.165) is 16.8 Å². The molecule has 264 valence electrons. The van der Waals surface area contributed by atoms with Crippen LogP contribution in [0.1, 0.15) is 65.4 Å². The van der Waals surface area contributed by atoms with Gasteiger partial charge < -0.3 is 5.32 Å². The van der Waals surface area contributed by atoms with Gasteiger partial charge >= 0.3 is 0 Å². The van der Waals surface area contributed by atoms with Crippen molar-refractivity contribution in [2.75, 3.05) is 5.32 Å². The first-order valence-electron chi connectivity index (χ1n) is 19.7. The van der Waals surface area contributed by atoms with Crippen molar-refractivity contribution in [1.29, 1.82) is 0 Å². The van der Waals surface area contributed by atoms with Crippen LogP contribution >= 0.6 is 11.3 Å². The molecule has 3 aliphatic rings. The summed E-state index contributed by atoms with van der Waals surface area (Å²) in [5.74, 6) is 0. The van der Waals surface area contributed by atoms with Gasteiger partial charge in [-0.05, 0) is 80.1 Å². The van der Waals surface area contributed by atoms with E-state index in [1.807, 2.05) is 11.3 Å². The molecule has 55 heavy (non-hydrogen) atoms. The van der Waals surface area contributed by atoms with E-state index in [-0.39, 0.29) is 11.6 Å². The fourth-order valence-electron chi connectivity index (χ4n) is 9.70. The van der Waals surface area contributed by atoms with Crippen molar-refractivity contribution in [3.63, 3.8) is 0 Å². The molecule has 2 aliphatic carbocycles. The van der Waals surface area contributed by atoms with Gasteiger partial charge in [-0.15, -0.1) is 11.3 Å². The number of thiophene rings is 1. The number of nitrogens with one attached hydrogen (secondary N) is 1. The summed E-state index contributed by atoms with van der Waals surface area (Å²) >= 11 is 1.82. The molecule has 1 N–H and O–H groups in total. The number of fused-ring (bicyclic) bond motifs is 8. The zero-order chi connectivity index (χ0) is 36.3. The molecule has 1 atom stereocenters. The molecule has 0 saturated heterocycles. The summed E-state index contributed by atoms with van der Waals surface area (Å²) in [5, 5.41) is 5.06. The van der Waals surface area contributed by atoms with Gasteiger partial charge in [0.25, 0.3) is 0 Å². The largest absolute Gasteiger partial charge is 0.358 e. The predicted octanol–water partition coefficient (Wildman–Crippen LogP) is 14.1. The highest BCUT2D eigenvalue weighted by molar-refractivity contribution is 7.22. The molecule has 1 aromatic heterocycles. The number of hydrogen-bond donors (Lipinski definition) is 1. The Morgan fingerprint density at radius 2 is 1.07 bits per heavy atom. The van der Waals surface area contributed by atoms with Crippen molar-refractivity contribution in [3.05, 3.63) is 197 Å². The van der Waals surface area contributed by atoms with Gasteiger partial charge in [0.1, 0.15) is 6.17 Å². The number of benzene rings is 7. The van der Waals surface area contributed by atoms with Crippen molar-refractivity contribution < 1.29 is 0 Å². The minimum atomic E-state index is -0.183. The minimum absolute atomic E-state index is 0.130. The average Bonchev–Trinajstić information content (AvgIpc) is 3.77. The second kappa shape index (κ2) is 13.1. The predicted molar refractivity (Wildman–Crippen MR) is 232 cm³/mol. The Kier molecular flexibility index (Phi) is 7.70. The lowest BCUT2D eigenvalue weighted by Gasteiger charge is -2.37. The first kappa shape index (κ1) is 32.4. The monoisotopic (exact) mass is 724 g/mol. The highest BCUT2D eigenvalue weighted by Crippen LogP contribution is 2.58. The van der Waals surface area contributed by atoms with Crippen LogP contribution in [-0.4, -0.2) is 5.71 Å². The van der Waals surface area contributed by atoms with Crippen molar-refractivity contribution in [2.45, 2.75) is 43.7 Å². The third-order valence-corrected chi connectivity index (χ3v) is 13.5. The van der Waals surface area contributed by atoms with Crippen LogP contribution in [-0.2, 0) is 5.41 Å². The molecule has 1 spiro atoms. The van der Waals surface area contributed by atoms with E-state index in [9.17, 15) is 0 Å². The van der Waals surface area contributed by atoms with Gasteiger partial charge in [-0.3, -0.25) is 4.99 Å². The number of aliphatic imine (C=N–C) groups is 1. The van der Waals surface area contributed by atoms with Crippen LogP contribution in [0.5, 0.6) is 0 Å². The summed E-state index contributed by atoms with van der Waals surface area (Å²) < 4.78 is 1.27. The van der Waals surface area contributed by atoms with E-state index in [1.165, 1.54) is 97.3 Å². The van der Waals surface area contributed by atoms with Crippen molar-refractivity contribution in [3.8, 4) is 44.5 Å². The maximum absolute atomic E-state index is 5.40. The first-order chi connectivity index (χ1) is 27.2. The maximum atomic E-state index is 5.40. The molecule has 1 unspecified atom stereocenters. The quantitative estimate of drug-likeness (QED) is 0.188. The Balaban J connectivity index is 0.923. The van der Waals surface area contributed by atoms with Gasteiger partial charge in [0, 0.05) is 21.1 Å². The molecule has 1 saturated carbocycles. The molecular formula is C52H40N2S. The lowest BCUT2D eigenvalue weighted by Crippen LogP contribution is -2.28. The van der Waals surface area contributed by atoms with Gasteiger partial charge in [-0.2, -0.15) is 0 Å². The summed E-state index contributed by atoms with van der Waals surface area (Å²) in [5.41, 5.74) is 18.2. The second-order valence-electron chi connectivity index (χ2n) is 15.4. The van der Waals surface area contributed by atoms with Crippen molar-refractivity contribution in [2.24, 2.45) is 4.99 Å². The molecule has 2 nitrogen and oxygen atoms in total. The van der Waals surface area contributed by atoms with E-state index in [1.54, 1.807) is 11.1 Å². The molecule has 7 aromatic carbocycles. The van der Waals surface area contributed by atoms with Crippen LogP contribution in [0.25, 0.3) is 54.6 Å². The van der Waals surface area contributed by atoms with Gasteiger partial charge in [0.05, 0.1) is 16.3 Å². The van der Waals surface area contributed by atoms with E-state index >= 15 is 0 Å². The molecule has 0 amide bonds. The summed E-state index contributed by atoms with van der Waals surface area (Å²) in [7, 11) is 0. The Hall–Kier alpha value is -6.03. The van der Waals surface area contributed by atoms with Crippen LogP contribution in [0.2, 0.25) is 0 Å². The molecule has 2 heterocycles. The third-order valence-electron chi connectivity index (χ3n) is 12.4. The number of anilines is 1. The summed E-state index contributed by atoms with van der Waals surface area (Å²) in [4.78, 5) is 6.60. The van der Waals surface area contributed by atoms with Crippen LogP contribution < -0.4 is 5.32 Å². The normalized spacial score (nSPS) is 16.6.